The number of hydrogen-bond donors (Lipinski definition) is 3. The highest BCUT2D eigenvalue weighted by molar-refractivity contribution is 5.85. The normalized spacial score (nSPS) is 24.5. The molecule has 192 valence electrons. The van der Waals surface area contributed by atoms with Crippen molar-refractivity contribution in [3.63, 3.8) is 0 Å². The zero-order valence-electron chi connectivity index (χ0n) is 20.9. The highest BCUT2D eigenvalue weighted by Gasteiger charge is 2.35. The first-order valence-electron chi connectivity index (χ1n) is 13.8. The van der Waals surface area contributed by atoms with Crippen molar-refractivity contribution in [1.29, 1.82) is 0 Å². The van der Waals surface area contributed by atoms with E-state index in [-0.39, 0.29) is 11.8 Å². The standard InChI is InChI=1S/C27H41N5O3/c33-26(21-10-16-32(17-11-21)23-7-8-23)30-24(27(34)35)12-15-31-14-9-19(18-31)3-5-22-6-4-20-2-1-13-28-25(20)29-22/h4,6,19,21,23-24H,1-3,5,7-18H2,(H,28,29)(H,30,33)(H,34,35)/t19-,24+/m1/s1. The van der Waals surface area contributed by atoms with Gasteiger partial charge in [0.2, 0.25) is 5.91 Å². The van der Waals surface area contributed by atoms with Gasteiger partial charge < -0.3 is 25.5 Å². The number of carboxylic acids is 1. The molecule has 0 unspecified atom stereocenters. The molecule has 8 heteroatoms. The van der Waals surface area contributed by atoms with Gasteiger partial charge in [0, 0.05) is 37.3 Å². The summed E-state index contributed by atoms with van der Waals surface area (Å²) in [6.07, 6.45) is 10.3. The molecule has 3 aliphatic heterocycles. The van der Waals surface area contributed by atoms with Crippen LogP contribution in [0.2, 0.25) is 0 Å². The first kappa shape index (κ1) is 24.5. The average molecular weight is 484 g/mol. The lowest BCUT2D eigenvalue weighted by Crippen LogP contribution is -2.47. The van der Waals surface area contributed by atoms with Crippen molar-refractivity contribution in [2.45, 2.75) is 76.3 Å². The summed E-state index contributed by atoms with van der Waals surface area (Å²) in [6, 6.07) is 4.34. The lowest BCUT2D eigenvalue weighted by molar-refractivity contribution is -0.143. The maximum atomic E-state index is 12.7. The molecule has 1 aromatic heterocycles. The molecule has 1 aromatic rings. The van der Waals surface area contributed by atoms with Gasteiger partial charge in [-0.3, -0.25) is 4.79 Å². The molecule has 1 saturated carbocycles. The van der Waals surface area contributed by atoms with E-state index in [0.29, 0.717) is 12.3 Å². The molecule has 0 radical (unpaired) electrons. The summed E-state index contributed by atoms with van der Waals surface area (Å²) in [5, 5.41) is 16.0. The first-order valence-corrected chi connectivity index (χ1v) is 13.8. The molecule has 4 heterocycles. The summed E-state index contributed by atoms with van der Waals surface area (Å²) in [4.78, 5) is 34.3. The molecule has 0 spiro atoms. The molecule has 3 N–H and O–H groups in total. The Morgan fingerprint density at radius 3 is 2.74 bits per heavy atom. The Hall–Kier alpha value is -2.19. The third-order valence-electron chi connectivity index (χ3n) is 8.44. The zero-order chi connectivity index (χ0) is 24.2. The second-order valence-electron chi connectivity index (χ2n) is 11.1. The van der Waals surface area contributed by atoms with Gasteiger partial charge in [0.15, 0.2) is 0 Å². The number of aromatic nitrogens is 1. The van der Waals surface area contributed by atoms with Crippen LogP contribution in [0.1, 0.15) is 62.6 Å². The average Bonchev–Trinajstić information content (AvgIpc) is 3.63. The topological polar surface area (TPSA) is 97.8 Å². The molecule has 0 aromatic carbocycles. The number of pyridine rings is 1. The Morgan fingerprint density at radius 2 is 1.97 bits per heavy atom. The molecule has 5 rings (SSSR count). The van der Waals surface area contributed by atoms with Crippen LogP contribution in [-0.2, 0) is 22.4 Å². The van der Waals surface area contributed by atoms with Crippen LogP contribution in [0.25, 0.3) is 0 Å². The number of aliphatic carboxylic acids is 1. The summed E-state index contributed by atoms with van der Waals surface area (Å²) >= 11 is 0. The minimum absolute atomic E-state index is 0.0459. The zero-order valence-corrected chi connectivity index (χ0v) is 20.9. The van der Waals surface area contributed by atoms with Crippen LogP contribution in [0, 0.1) is 11.8 Å². The first-order chi connectivity index (χ1) is 17.0. The minimum Gasteiger partial charge on any atom is -0.480 e. The van der Waals surface area contributed by atoms with Crippen molar-refractivity contribution in [2.75, 3.05) is 44.6 Å². The number of nitrogens with zero attached hydrogens (tertiary/aromatic N) is 3. The van der Waals surface area contributed by atoms with Gasteiger partial charge in [-0.2, -0.15) is 0 Å². The SMILES string of the molecule is O=C(N[C@@H](CCN1CC[C@@H](CCc2ccc3c(n2)NCCC3)C1)C(=O)O)C1CCN(C2CC2)CC1. The molecule has 2 saturated heterocycles. The second-order valence-corrected chi connectivity index (χ2v) is 11.1. The Morgan fingerprint density at radius 1 is 1.14 bits per heavy atom. The van der Waals surface area contributed by atoms with Gasteiger partial charge in [-0.1, -0.05) is 6.07 Å². The Labute approximate surface area is 208 Å². The van der Waals surface area contributed by atoms with Crippen molar-refractivity contribution < 1.29 is 14.7 Å². The van der Waals surface area contributed by atoms with Crippen LogP contribution < -0.4 is 10.6 Å². The van der Waals surface area contributed by atoms with Crippen LogP contribution in [-0.4, -0.2) is 83.1 Å². The molecule has 1 aliphatic carbocycles. The molecule has 3 fully saturated rings. The molecule has 35 heavy (non-hydrogen) atoms. The summed E-state index contributed by atoms with van der Waals surface area (Å²) in [5.74, 6) is 0.651. The number of nitrogens with one attached hydrogen (secondary N) is 2. The Bertz CT molecular complexity index is 897. The van der Waals surface area contributed by atoms with Gasteiger partial charge >= 0.3 is 5.97 Å². The number of aryl methyl sites for hydroxylation is 2. The Balaban J connectivity index is 1.02. The number of likely N-dealkylation sites (tertiary alicyclic amines) is 2. The predicted octanol–water partition coefficient (Wildman–Crippen LogP) is 2.53. The second kappa shape index (κ2) is 11.2. The van der Waals surface area contributed by atoms with Gasteiger partial charge in [-0.25, -0.2) is 9.78 Å². The summed E-state index contributed by atoms with van der Waals surface area (Å²) in [6.45, 7) is 5.67. The lowest BCUT2D eigenvalue weighted by atomic mass is 9.95. The molecule has 0 bridgehead atoms. The summed E-state index contributed by atoms with van der Waals surface area (Å²) < 4.78 is 0. The highest BCUT2D eigenvalue weighted by atomic mass is 16.4. The van der Waals surface area contributed by atoms with Crippen LogP contribution in [0.3, 0.4) is 0 Å². The number of fused-ring (bicyclic) bond motifs is 1. The van der Waals surface area contributed by atoms with Crippen molar-refractivity contribution in [3.8, 4) is 0 Å². The van der Waals surface area contributed by atoms with E-state index in [2.05, 4.69) is 32.6 Å². The number of hydrogen-bond acceptors (Lipinski definition) is 6. The molecule has 4 aliphatic rings. The molecular weight excluding hydrogens is 442 g/mol. The molecular formula is C27H41N5O3. The number of carbonyl (C=O) groups excluding carboxylic acids is 1. The molecule has 8 nitrogen and oxygen atoms in total. The van der Waals surface area contributed by atoms with Crippen molar-refractivity contribution in [2.24, 2.45) is 11.8 Å². The van der Waals surface area contributed by atoms with E-state index < -0.39 is 12.0 Å². The Kier molecular flexibility index (Phi) is 7.88. The van der Waals surface area contributed by atoms with Crippen molar-refractivity contribution >= 4 is 17.7 Å². The van der Waals surface area contributed by atoms with Crippen molar-refractivity contribution in [1.82, 2.24) is 20.1 Å². The van der Waals surface area contributed by atoms with E-state index in [9.17, 15) is 14.7 Å². The van der Waals surface area contributed by atoms with E-state index in [4.69, 9.17) is 4.98 Å². The van der Waals surface area contributed by atoms with Gasteiger partial charge in [0.05, 0.1) is 0 Å². The van der Waals surface area contributed by atoms with Gasteiger partial charge in [-0.15, -0.1) is 0 Å². The fraction of sp³-hybridized carbons (Fsp3) is 0.741. The monoisotopic (exact) mass is 483 g/mol. The number of piperidine rings is 1. The van der Waals surface area contributed by atoms with Crippen molar-refractivity contribution in [3.05, 3.63) is 23.4 Å². The fourth-order valence-corrected chi connectivity index (χ4v) is 6.04. The number of anilines is 1. The fourth-order valence-electron chi connectivity index (χ4n) is 6.04. The molecule has 1 amide bonds. The van der Waals surface area contributed by atoms with E-state index in [1.54, 1.807) is 0 Å². The van der Waals surface area contributed by atoms with E-state index in [1.165, 1.54) is 24.8 Å². The van der Waals surface area contributed by atoms with E-state index >= 15 is 0 Å². The third-order valence-corrected chi connectivity index (χ3v) is 8.44. The maximum absolute atomic E-state index is 12.7. The molecule has 2 atom stereocenters. The van der Waals surface area contributed by atoms with Crippen LogP contribution in [0.4, 0.5) is 5.82 Å². The quantitative estimate of drug-likeness (QED) is 0.470. The smallest absolute Gasteiger partial charge is 0.326 e. The lowest BCUT2D eigenvalue weighted by Gasteiger charge is -2.32. The highest BCUT2D eigenvalue weighted by Crippen LogP contribution is 2.31. The number of amides is 1. The number of carboxylic acid groups (broad SMARTS) is 1. The third kappa shape index (κ3) is 6.53. The van der Waals surface area contributed by atoms with E-state index in [1.807, 2.05) is 0 Å². The largest absolute Gasteiger partial charge is 0.480 e. The van der Waals surface area contributed by atoms with Gasteiger partial charge in [0.1, 0.15) is 11.9 Å². The predicted molar refractivity (Wildman–Crippen MR) is 135 cm³/mol. The minimum atomic E-state index is -0.920. The summed E-state index contributed by atoms with van der Waals surface area (Å²) in [5.41, 5.74) is 2.49. The van der Waals surface area contributed by atoms with Gasteiger partial charge in [-0.05, 0) is 101 Å². The van der Waals surface area contributed by atoms with Crippen LogP contribution in [0.15, 0.2) is 12.1 Å². The maximum Gasteiger partial charge on any atom is 0.326 e. The van der Waals surface area contributed by atoms with Gasteiger partial charge in [0.25, 0.3) is 0 Å². The summed E-state index contributed by atoms with van der Waals surface area (Å²) in [7, 11) is 0. The number of carbonyl (C=O) groups is 2. The van der Waals surface area contributed by atoms with Crippen LogP contribution >= 0.6 is 0 Å². The van der Waals surface area contributed by atoms with E-state index in [0.717, 1.165) is 95.3 Å². The number of rotatable bonds is 10. The van der Waals surface area contributed by atoms with Crippen LogP contribution in [0.5, 0.6) is 0 Å².